The van der Waals surface area contributed by atoms with Gasteiger partial charge in [-0.2, -0.15) is 13.2 Å². The first-order chi connectivity index (χ1) is 16.3. The van der Waals surface area contributed by atoms with Gasteiger partial charge in [0.2, 0.25) is 0 Å². The quantitative estimate of drug-likeness (QED) is 0.414. The Morgan fingerprint density at radius 3 is 2.38 bits per heavy atom. The van der Waals surface area contributed by atoms with Crippen LogP contribution in [0, 0.1) is 0 Å². The Bertz CT molecular complexity index is 1070. The van der Waals surface area contributed by atoms with E-state index < -0.39 is 29.8 Å². The predicted molar refractivity (Wildman–Crippen MR) is 124 cm³/mol. The molecule has 0 spiro atoms. The van der Waals surface area contributed by atoms with E-state index in [4.69, 9.17) is 4.74 Å². The molecule has 0 aliphatic carbocycles. The third-order valence-electron chi connectivity index (χ3n) is 5.35. The van der Waals surface area contributed by atoms with Crippen LogP contribution < -0.4 is 15.4 Å². The molecule has 34 heavy (non-hydrogen) atoms. The van der Waals surface area contributed by atoms with Crippen molar-refractivity contribution < 1.29 is 27.8 Å². The fourth-order valence-electron chi connectivity index (χ4n) is 3.53. The van der Waals surface area contributed by atoms with Gasteiger partial charge in [-0.3, -0.25) is 4.79 Å². The average Bonchev–Trinajstić information content (AvgIpc) is 2.84. The van der Waals surface area contributed by atoms with Crippen molar-refractivity contribution in [2.45, 2.75) is 31.3 Å². The van der Waals surface area contributed by atoms with Crippen molar-refractivity contribution in [3.05, 3.63) is 101 Å². The van der Waals surface area contributed by atoms with Gasteiger partial charge in [0, 0.05) is 18.7 Å². The Balaban J connectivity index is 1.69. The Morgan fingerprint density at radius 2 is 1.68 bits per heavy atom. The monoisotopic (exact) mass is 472 g/mol. The van der Waals surface area contributed by atoms with Gasteiger partial charge in [-0.15, -0.1) is 0 Å². The van der Waals surface area contributed by atoms with E-state index in [1.807, 2.05) is 54.6 Å². The molecule has 3 aromatic rings. The average molecular weight is 473 g/mol. The highest BCUT2D eigenvalue weighted by Gasteiger charge is 2.31. The molecule has 3 aromatic carbocycles. The van der Waals surface area contributed by atoms with Crippen LogP contribution in [0.15, 0.2) is 78.9 Å². The molecule has 0 heterocycles. The number of carbonyl (C=O) groups is 1. The topological polar surface area (TPSA) is 70.6 Å². The van der Waals surface area contributed by atoms with Crippen molar-refractivity contribution in [3.63, 3.8) is 0 Å². The van der Waals surface area contributed by atoms with Crippen LogP contribution in [-0.4, -0.2) is 36.8 Å². The minimum absolute atomic E-state index is 0.121. The van der Waals surface area contributed by atoms with Crippen LogP contribution in [0.1, 0.15) is 27.0 Å². The summed E-state index contributed by atoms with van der Waals surface area (Å²) < 4.78 is 44.4. The summed E-state index contributed by atoms with van der Waals surface area (Å²) >= 11 is 0. The minimum Gasteiger partial charge on any atom is -0.497 e. The zero-order chi connectivity index (χ0) is 24.6. The first-order valence-electron chi connectivity index (χ1n) is 10.8. The van der Waals surface area contributed by atoms with Crippen molar-refractivity contribution in [1.82, 2.24) is 10.6 Å². The first-order valence-corrected chi connectivity index (χ1v) is 10.8. The molecule has 0 unspecified atom stereocenters. The highest BCUT2D eigenvalue weighted by molar-refractivity contribution is 5.94. The molecule has 0 aliphatic heterocycles. The molecular formula is C26H27F3N2O3. The Kier molecular flexibility index (Phi) is 8.67. The number of carbonyl (C=O) groups excluding carboxylic acids is 1. The van der Waals surface area contributed by atoms with E-state index >= 15 is 0 Å². The Morgan fingerprint density at radius 1 is 0.971 bits per heavy atom. The highest BCUT2D eigenvalue weighted by Crippen LogP contribution is 2.29. The SMILES string of the molecule is COc1cccc(CNC[C@H](O)[C@H](Cc2ccccc2)NC(=O)c2cccc(C(F)(F)F)c2)c1. The van der Waals surface area contributed by atoms with Gasteiger partial charge in [0.1, 0.15) is 5.75 Å². The third kappa shape index (κ3) is 7.33. The smallest absolute Gasteiger partial charge is 0.416 e. The van der Waals surface area contributed by atoms with Gasteiger partial charge in [-0.1, -0.05) is 48.5 Å². The predicted octanol–water partition coefficient (Wildman–Crippen LogP) is 4.21. The highest BCUT2D eigenvalue weighted by atomic mass is 19.4. The summed E-state index contributed by atoms with van der Waals surface area (Å²) in [6.45, 7) is 0.630. The number of amides is 1. The van der Waals surface area contributed by atoms with Crippen molar-refractivity contribution in [2.24, 2.45) is 0 Å². The van der Waals surface area contributed by atoms with Crippen LogP contribution in [0.3, 0.4) is 0 Å². The number of ether oxygens (including phenoxy) is 1. The summed E-state index contributed by atoms with van der Waals surface area (Å²) in [4.78, 5) is 12.8. The number of hydrogen-bond donors (Lipinski definition) is 3. The lowest BCUT2D eigenvalue weighted by Crippen LogP contribution is -2.48. The van der Waals surface area contributed by atoms with Crippen molar-refractivity contribution in [1.29, 1.82) is 0 Å². The second-order valence-electron chi connectivity index (χ2n) is 7.90. The second-order valence-corrected chi connectivity index (χ2v) is 7.90. The van der Waals surface area contributed by atoms with E-state index in [-0.39, 0.29) is 12.1 Å². The standard InChI is InChI=1S/C26H27F3N2O3/c1-34-22-12-5-9-19(13-22)16-30-17-24(32)23(14-18-7-3-2-4-8-18)31-25(33)20-10-6-11-21(15-20)26(27,28)29/h2-13,15,23-24,30,32H,14,16-17H2,1H3,(H,31,33)/t23-,24-/m0/s1. The Hall–Kier alpha value is -3.36. The number of hydrogen-bond acceptors (Lipinski definition) is 4. The maximum absolute atomic E-state index is 13.0. The summed E-state index contributed by atoms with van der Waals surface area (Å²) in [6.07, 6.45) is -5.22. The zero-order valence-corrected chi connectivity index (χ0v) is 18.7. The summed E-state index contributed by atoms with van der Waals surface area (Å²) in [5, 5.41) is 16.7. The molecule has 2 atom stereocenters. The van der Waals surface area contributed by atoms with Crippen LogP contribution in [0.25, 0.3) is 0 Å². The molecule has 0 saturated carbocycles. The minimum atomic E-state index is -4.55. The number of rotatable bonds is 10. The molecule has 3 N–H and O–H groups in total. The number of benzene rings is 3. The molecule has 1 amide bonds. The van der Waals surface area contributed by atoms with Gasteiger partial charge in [-0.25, -0.2) is 0 Å². The molecular weight excluding hydrogens is 445 g/mol. The molecule has 0 bridgehead atoms. The maximum atomic E-state index is 13.0. The number of alkyl halides is 3. The normalized spacial score (nSPS) is 13.2. The van der Waals surface area contributed by atoms with E-state index in [1.54, 1.807) is 7.11 Å². The number of aliphatic hydroxyl groups is 1. The van der Waals surface area contributed by atoms with Crippen LogP contribution >= 0.6 is 0 Å². The van der Waals surface area contributed by atoms with E-state index in [1.165, 1.54) is 12.1 Å². The van der Waals surface area contributed by atoms with Crippen LogP contribution in [0.4, 0.5) is 13.2 Å². The maximum Gasteiger partial charge on any atom is 0.416 e. The fraction of sp³-hybridized carbons (Fsp3) is 0.269. The lowest BCUT2D eigenvalue weighted by molar-refractivity contribution is -0.137. The lowest BCUT2D eigenvalue weighted by atomic mass is 10.00. The van der Waals surface area contributed by atoms with Crippen molar-refractivity contribution in [2.75, 3.05) is 13.7 Å². The first kappa shape index (κ1) is 25.3. The van der Waals surface area contributed by atoms with Crippen LogP contribution in [-0.2, 0) is 19.1 Å². The number of halogens is 3. The molecule has 0 aromatic heterocycles. The third-order valence-corrected chi connectivity index (χ3v) is 5.35. The summed E-state index contributed by atoms with van der Waals surface area (Å²) in [7, 11) is 1.58. The molecule has 0 aliphatic rings. The molecule has 180 valence electrons. The second kappa shape index (κ2) is 11.7. The van der Waals surface area contributed by atoms with Crippen LogP contribution in [0.5, 0.6) is 5.75 Å². The van der Waals surface area contributed by atoms with E-state index in [2.05, 4.69) is 10.6 Å². The van der Waals surface area contributed by atoms with E-state index in [0.29, 0.717) is 13.0 Å². The summed E-state index contributed by atoms with van der Waals surface area (Å²) in [6, 6.07) is 20.2. The molecule has 5 nitrogen and oxygen atoms in total. The molecule has 0 saturated heterocycles. The molecule has 3 rings (SSSR count). The fourth-order valence-corrected chi connectivity index (χ4v) is 3.53. The molecule has 8 heteroatoms. The van der Waals surface area contributed by atoms with Gasteiger partial charge in [-0.05, 0) is 47.9 Å². The lowest BCUT2D eigenvalue weighted by Gasteiger charge is -2.25. The number of nitrogens with one attached hydrogen (secondary N) is 2. The van der Waals surface area contributed by atoms with Gasteiger partial charge in [0.25, 0.3) is 5.91 Å². The zero-order valence-electron chi connectivity index (χ0n) is 18.7. The van der Waals surface area contributed by atoms with Crippen molar-refractivity contribution >= 4 is 5.91 Å². The van der Waals surface area contributed by atoms with Crippen LogP contribution in [0.2, 0.25) is 0 Å². The Labute approximate surface area is 196 Å². The van der Waals surface area contributed by atoms with Gasteiger partial charge in [0.15, 0.2) is 0 Å². The van der Waals surface area contributed by atoms with Gasteiger partial charge >= 0.3 is 6.18 Å². The largest absolute Gasteiger partial charge is 0.497 e. The van der Waals surface area contributed by atoms with Crippen molar-refractivity contribution in [3.8, 4) is 5.75 Å². The van der Waals surface area contributed by atoms with Gasteiger partial charge in [0.05, 0.1) is 24.8 Å². The van der Waals surface area contributed by atoms with Gasteiger partial charge < -0.3 is 20.5 Å². The number of methoxy groups -OCH3 is 1. The van der Waals surface area contributed by atoms with E-state index in [0.717, 1.165) is 29.0 Å². The molecule has 0 fully saturated rings. The number of aliphatic hydroxyl groups excluding tert-OH is 1. The summed E-state index contributed by atoms with van der Waals surface area (Å²) in [5.41, 5.74) is 0.813. The molecule has 0 radical (unpaired) electrons. The summed E-state index contributed by atoms with van der Waals surface area (Å²) in [5.74, 6) is 0.0361. The van der Waals surface area contributed by atoms with E-state index in [9.17, 15) is 23.1 Å².